The summed E-state index contributed by atoms with van der Waals surface area (Å²) in [5.74, 6) is 0.0935. The van der Waals surface area contributed by atoms with Crippen LogP contribution in [0.3, 0.4) is 0 Å². The van der Waals surface area contributed by atoms with Crippen LogP contribution >= 0.6 is 11.6 Å². The SMILES string of the molecule is CCC(CC)(CO)NCc1cc(Cl)ccc1OC(F)F. The third-order valence-corrected chi connectivity index (χ3v) is 3.78. The van der Waals surface area contributed by atoms with Crippen molar-refractivity contribution in [2.75, 3.05) is 6.61 Å². The van der Waals surface area contributed by atoms with Crippen LogP contribution in [0, 0.1) is 0 Å². The van der Waals surface area contributed by atoms with E-state index in [9.17, 15) is 13.9 Å². The van der Waals surface area contributed by atoms with Gasteiger partial charge in [0.15, 0.2) is 0 Å². The summed E-state index contributed by atoms with van der Waals surface area (Å²) in [4.78, 5) is 0. The lowest BCUT2D eigenvalue weighted by molar-refractivity contribution is -0.0505. The van der Waals surface area contributed by atoms with Gasteiger partial charge in [0.25, 0.3) is 0 Å². The predicted octanol–water partition coefficient (Wildman–Crippen LogP) is 3.58. The second-order valence-electron chi connectivity index (χ2n) is 4.63. The molecule has 0 bridgehead atoms. The van der Waals surface area contributed by atoms with Gasteiger partial charge in [0.1, 0.15) is 5.75 Å². The van der Waals surface area contributed by atoms with Crippen molar-refractivity contribution < 1.29 is 18.6 Å². The minimum atomic E-state index is -2.88. The molecule has 0 unspecified atom stereocenters. The van der Waals surface area contributed by atoms with Gasteiger partial charge in [0.2, 0.25) is 0 Å². The molecule has 114 valence electrons. The fraction of sp³-hybridized carbons (Fsp3) is 0.571. The minimum Gasteiger partial charge on any atom is -0.434 e. The van der Waals surface area contributed by atoms with E-state index in [1.54, 1.807) is 6.07 Å². The van der Waals surface area contributed by atoms with E-state index in [1.807, 2.05) is 13.8 Å². The molecule has 0 amide bonds. The molecule has 20 heavy (non-hydrogen) atoms. The quantitative estimate of drug-likeness (QED) is 0.771. The summed E-state index contributed by atoms with van der Waals surface area (Å²) >= 11 is 5.88. The molecular weight excluding hydrogens is 288 g/mol. The predicted molar refractivity (Wildman–Crippen MR) is 75.3 cm³/mol. The zero-order chi connectivity index (χ0) is 15.2. The summed E-state index contributed by atoms with van der Waals surface area (Å²) in [6, 6.07) is 4.51. The number of halogens is 3. The van der Waals surface area contributed by atoms with Crippen molar-refractivity contribution in [3.8, 4) is 5.75 Å². The molecule has 6 heteroatoms. The molecule has 0 aliphatic heterocycles. The molecule has 0 saturated carbocycles. The molecule has 0 radical (unpaired) electrons. The van der Waals surface area contributed by atoms with Crippen LogP contribution in [-0.4, -0.2) is 23.9 Å². The number of alkyl halides is 2. The number of hydrogen-bond acceptors (Lipinski definition) is 3. The van der Waals surface area contributed by atoms with E-state index in [0.29, 0.717) is 17.1 Å². The average molecular weight is 308 g/mol. The lowest BCUT2D eigenvalue weighted by Gasteiger charge is -2.31. The third-order valence-electron chi connectivity index (χ3n) is 3.55. The number of aliphatic hydroxyl groups excluding tert-OH is 1. The van der Waals surface area contributed by atoms with Gasteiger partial charge in [-0.25, -0.2) is 0 Å². The minimum absolute atomic E-state index is 0.0222. The van der Waals surface area contributed by atoms with Crippen LogP contribution in [0.4, 0.5) is 8.78 Å². The summed E-state index contributed by atoms with van der Waals surface area (Å²) in [6.07, 6.45) is 1.46. The maximum Gasteiger partial charge on any atom is 0.387 e. The maximum absolute atomic E-state index is 12.4. The molecule has 0 atom stereocenters. The Morgan fingerprint density at radius 1 is 1.35 bits per heavy atom. The van der Waals surface area contributed by atoms with E-state index in [4.69, 9.17) is 11.6 Å². The maximum atomic E-state index is 12.4. The summed E-state index contributed by atoms with van der Waals surface area (Å²) in [6.45, 7) is 1.31. The standard InChI is InChI=1S/C14H20ClF2NO2/c1-3-14(4-2,9-19)18-8-10-7-11(15)5-6-12(10)20-13(16)17/h5-7,13,18-19H,3-4,8-9H2,1-2H3. The summed E-state index contributed by atoms with van der Waals surface area (Å²) < 4.78 is 29.2. The lowest BCUT2D eigenvalue weighted by atomic mass is 9.93. The molecule has 0 spiro atoms. The van der Waals surface area contributed by atoms with Gasteiger partial charge in [-0.15, -0.1) is 0 Å². The second-order valence-corrected chi connectivity index (χ2v) is 5.07. The van der Waals surface area contributed by atoms with Crippen LogP contribution in [0.5, 0.6) is 5.75 Å². The first-order chi connectivity index (χ1) is 9.46. The van der Waals surface area contributed by atoms with Gasteiger partial charge >= 0.3 is 6.61 Å². The van der Waals surface area contributed by atoms with Crippen LogP contribution in [0.25, 0.3) is 0 Å². The first-order valence-corrected chi connectivity index (χ1v) is 6.93. The molecule has 0 fully saturated rings. The normalized spacial score (nSPS) is 11.9. The van der Waals surface area contributed by atoms with Crippen LogP contribution < -0.4 is 10.1 Å². The van der Waals surface area contributed by atoms with Crippen molar-refractivity contribution in [3.63, 3.8) is 0 Å². The molecule has 0 heterocycles. The Labute approximate surface area is 122 Å². The number of aliphatic hydroxyl groups is 1. The van der Waals surface area contributed by atoms with E-state index in [1.165, 1.54) is 12.1 Å². The molecule has 2 N–H and O–H groups in total. The van der Waals surface area contributed by atoms with Gasteiger partial charge in [-0.05, 0) is 31.0 Å². The second kappa shape index (κ2) is 7.76. The Balaban J connectivity index is 2.87. The van der Waals surface area contributed by atoms with Crippen LogP contribution in [0.2, 0.25) is 5.02 Å². The molecule has 0 aromatic heterocycles. The van der Waals surface area contributed by atoms with E-state index >= 15 is 0 Å². The highest BCUT2D eigenvalue weighted by Crippen LogP contribution is 2.25. The average Bonchev–Trinajstić information content (AvgIpc) is 2.43. The van der Waals surface area contributed by atoms with Gasteiger partial charge in [-0.3, -0.25) is 0 Å². The Morgan fingerprint density at radius 3 is 2.50 bits per heavy atom. The lowest BCUT2D eigenvalue weighted by Crippen LogP contribution is -2.47. The van der Waals surface area contributed by atoms with Crippen LogP contribution in [0.1, 0.15) is 32.3 Å². The van der Waals surface area contributed by atoms with Crippen molar-refractivity contribution in [1.29, 1.82) is 0 Å². The van der Waals surface area contributed by atoms with E-state index in [0.717, 1.165) is 12.8 Å². The largest absolute Gasteiger partial charge is 0.434 e. The van der Waals surface area contributed by atoms with Gasteiger partial charge < -0.3 is 15.2 Å². The summed E-state index contributed by atoms with van der Waals surface area (Å²) in [5, 5.41) is 13.1. The van der Waals surface area contributed by atoms with Crippen LogP contribution in [0.15, 0.2) is 18.2 Å². The van der Waals surface area contributed by atoms with Gasteiger partial charge in [0.05, 0.1) is 6.61 Å². The number of rotatable bonds is 8. The summed E-state index contributed by atoms with van der Waals surface area (Å²) in [7, 11) is 0. The fourth-order valence-corrected chi connectivity index (χ4v) is 2.15. The van der Waals surface area contributed by atoms with Crippen molar-refractivity contribution in [1.82, 2.24) is 5.32 Å². The summed E-state index contributed by atoms with van der Waals surface area (Å²) in [5.41, 5.74) is 0.113. The Bertz CT molecular complexity index is 417. The van der Waals surface area contributed by atoms with Gasteiger partial charge in [-0.1, -0.05) is 25.4 Å². The molecule has 1 aromatic carbocycles. The number of nitrogens with one attached hydrogen (secondary N) is 1. The molecule has 0 aliphatic carbocycles. The van der Waals surface area contributed by atoms with Crippen molar-refractivity contribution in [2.24, 2.45) is 0 Å². The number of benzene rings is 1. The van der Waals surface area contributed by atoms with Crippen molar-refractivity contribution in [3.05, 3.63) is 28.8 Å². The van der Waals surface area contributed by atoms with Gasteiger partial charge in [-0.2, -0.15) is 8.78 Å². The third kappa shape index (κ3) is 4.58. The Morgan fingerprint density at radius 2 is 2.00 bits per heavy atom. The van der Waals surface area contributed by atoms with Crippen molar-refractivity contribution >= 4 is 11.6 Å². The van der Waals surface area contributed by atoms with E-state index < -0.39 is 12.2 Å². The fourth-order valence-electron chi connectivity index (χ4n) is 1.96. The highest BCUT2D eigenvalue weighted by molar-refractivity contribution is 6.30. The highest BCUT2D eigenvalue weighted by Gasteiger charge is 2.24. The first kappa shape index (κ1) is 17.1. The molecule has 0 aliphatic rings. The number of ether oxygens (including phenoxy) is 1. The Kier molecular flexibility index (Phi) is 6.65. The van der Waals surface area contributed by atoms with E-state index in [-0.39, 0.29) is 12.4 Å². The van der Waals surface area contributed by atoms with Crippen LogP contribution in [-0.2, 0) is 6.54 Å². The first-order valence-electron chi connectivity index (χ1n) is 6.55. The zero-order valence-electron chi connectivity index (χ0n) is 11.6. The zero-order valence-corrected chi connectivity index (χ0v) is 12.4. The topological polar surface area (TPSA) is 41.5 Å². The molecule has 3 nitrogen and oxygen atoms in total. The van der Waals surface area contributed by atoms with Gasteiger partial charge in [0, 0.05) is 22.7 Å². The molecule has 1 rings (SSSR count). The molecule has 1 aromatic rings. The number of hydrogen-bond donors (Lipinski definition) is 2. The van der Waals surface area contributed by atoms with Crippen molar-refractivity contribution in [2.45, 2.75) is 45.4 Å². The highest BCUT2D eigenvalue weighted by atomic mass is 35.5. The Hall–Kier alpha value is -0.910. The molecular formula is C14H20ClF2NO2. The monoisotopic (exact) mass is 307 g/mol. The smallest absolute Gasteiger partial charge is 0.387 e. The molecule has 0 saturated heterocycles. The van der Waals surface area contributed by atoms with E-state index in [2.05, 4.69) is 10.1 Å².